The summed E-state index contributed by atoms with van der Waals surface area (Å²) >= 11 is 0. The molecule has 12 aromatic rings. The van der Waals surface area contributed by atoms with Gasteiger partial charge in [0.15, 0.2) is 0 Å². The van der Waals surface area contributed by atoms with Crippen LogP contribution in [0.25, 0.3) is 111 Å². The molecular weight excluding hydrogens is 1040 g/mol. The maximum atomic E-state index is 17.5. The van der Waals surface area contributed by atoms with E-state index in [1.54, 1.807) is 146 Å². The van der Waals surface area contributed by atoms with Gasteiger partial charge in [-0.15, -0.1) is 0 Å². The van der Waals surface area contributed by atoms with E-state index in [1.807, 2.05) is 0 Å². The van der Waals surface area contributed by atoms with E-state index >= 15 is 13.2 Å². The Morgan fingerprint density at radius 3 is 0.928 bits per heavy atom. The molecule has 0 saturated carbocycles. The van der Waals surface area contributed by atoms with Crippen molar-refractivity contribution < 1.29 is 13.2 Å². The van der Waals surface area contributed by atoms with Crippen LogP contribution >= 0.6 is 0 Å². The van der Waals surface area contributed by atoms with Gasteiger partial charge in [0.05, 0.1) is 132 Å². The number of alkyl halides is 3. The highest BCUT2D eigenvalue weighted by atomic mass is 19.4. The number of hydrogen-bond acceptors (Lipinski definition) is 9. The highest BCUT2D eigenvalue weighted by Crippen LogP contribution is 2.48. The molecule has 0 N–H and O–H groups in total. The van der Waals surface area contributed by atoms with Crippen LogP contribution in [0.5, 0.6) is 0 Å². The van der Waals surface area contributed by atoms with Gasteiger partial charge in [-0.25, -0.2) is 0 Å². The summed E-state index contributed by atoms with van der Waals surface area (Å²) in [5.41, 5.74) is 5.87. The van der Waals surface area contributed by atoms with Gasteiger partial charge in [-0.05, 0) is 148 Å². The van der Waals surface area contributed by atoms with Crippen molar-refractivity contribution in [3.8, 4) is 116 Å². The third-order valence-electron chi connectivity index (χ3n) is 14.9. The molecule has 0 atom stereocenters. The van der Waals surface area contributed by atoms with Gasteiger partial charge in [-0.2, -0.15) is 55.3 Å². The summed E-state index contributed by atoms with van der Waals surface area (Å²) in [6.07, 6.45) is -5.16. The lowest BCUT2D eigenvalue weighted by atomic mass is 9.96. The number of halogens is 3. The molecule has 0 bridgehead atoms. The van der Waals surface area contributed by atoms with Crippen LogP contribution in [-0.4, -0.2) is 14.1 Å². The topological polar surface area (TPSA) is 213 Å². The third-order valence-corrected chi connectivity index (χ3v) is 14.9. The van der Waals surface area contributed by atoms with Gasteiger partial charge in [0.1, 0.15) is 5.56 Å². The van der Waals surface area contributed by atoms with E-state index in [9.17, 15) is 42.1 Å². The minimum Gasteiger partial charge on any atom is -0.308 e. The summed E-state index contributed by atoms with van der Waals surface area (Å²) in [6, 6.07) is 64.7. The molecule has 0 amide bonds. The first-order valence-corrected chi connectivity index (χ1v) is 25.4. The number of aromatic nitrogens is 3. The maximum absolute atomic E-state index is 17.5. The molecule has 0 radical (unpaired) electrons. The summed E-state index contributed by atoms with van der Waals surface area (Å²) in [6.45, 7) is 1.77. The summed E-state index contributed by atoms with van der Waals surface area (Å²) in [4.78, 5) is 4.86. The smallest absolute Gasteiger partial charge is 0.308 e. The van der Waals surface area contributed by atoms with Crippen LogP contribution in [0, 0.1) is 97.6 Å². The maximum Gasteiger partial charge on any atom is 0.420 e. The monoisotopic (exact) mass is 1070 g/mol. The zero-order valence-electron chi connectivity index (χ0n) is 43.3. The Morgan fingerprint density at radius 2 is 0.663 bits per heavy atom. The van der Waals surface area contributed by atoms with Crippen molar-refractivity contribution in [1.29, 1.82) is 42.1 Å². The van der Waals surface area contributed by atoms with Crippen LogP contribution in [0.2, 0.25) is 0 Å². The lowest BCUT2D eigenvalue weighted by Gasteiger charge is -2.23. The molecule has 12 rings (SSSR count). The first-order valence-electron chi connectivity index (χ1n) is 25.4. The minimum absolute atomic E-state index is 0.167. The van der Waals surface area contributed by atoms with E-state index in [4.69, 9.17) is 4.98 Å². The van der Waals surface area contributed by atoms with Crippen molar-refractivity contribution in [2.75, 3.05) is 0 Å². The van der Waals surface area contributed by atoms with E-state index in [0.717, 1.165) is 0 Å². The molecule has 0 aliphatic rings. The number of nitriles is 8. The van der Waals surface area contributed by atoms with Gasteiger partial charge in [-0.1, -0.05) is 78.9 Å². The number of hydrogen-bond donors (Lipinski definition) is 0. The van der Waals surface area contributed by atoms with Gasteiger partial charge >= 0.3 is 6.18 Å². The standard InChI is InChI=1S/C69H32F3N11/c1-39-3-2-4-61(81-39)48-29-66(82-62-25-44(53-13-5-40(31-73)21-49(53)35-77)9-17-57(62)58-18-10-45(26-63(58)82)54-14-6-41(32-74)22-50(54)36-78)68(69(70,71)72)67(30-48)83-64-27-46(55-15-7-42(33-75)23-51(55)37-79)11-19-59(64)60-20-12-47(28-65(60)83)56-16-8-43(34-76)24-52(56)38-80/h2-30H,1H3. The fourth-order valence-electron chi connectivity index (χ4n) is 11.2. The van der Waals surface area contributed by atoms with E-state index in [2.05, 4.69) is 48.6 Å². The molecule has 384 valence electrons. The first-order chi connectivity index (χ1) is 40.3. The van der Waals surface area contributed by atoms with Gasteiger partial charge in [-0.3, -0.25) is 4.98 Å². The van der Waals surface area contributed by atoms with Crippen LogP contribution in [0.15, 0.2) is 176 Å². The molecule has 0 fully saturated rings. The lowest BCUT2D eigenvalue weighted by molar-refractivity contribution is -0.137. The number of fused-ring (bicyclic) bond motifs is 6. The van der Waals surface area contributed by atoms with Crippen molar-refractivity contribution >= 4 is 43.6 Å². The van der Waals surface area contributed by atoms with Crippen LogP contribution in [0.1, 0.15) is 55.8 Å². The molecule has 14 heteroatoms. The largest absolute Gasteiger partial charge is 0.420 e. The van der Waals surface area contributed by atoms with E-state index < -0.39 is 11.7 Å². The molecule has 0 spiro atoms. The number of aryl methyl sites for hydroxylation is 1. The highest BCUT2D eigenvalue weighted by molar-refractivity contribution is 6.13. The van der Waals surface area contributed by atoms with Crippen LogP contribution in [0.3, 0.4) is 0 Å². The fraction of sp³-hybridized carbons (Fsp3) is 0.0290. The quantitative estimate of drug-likeness (QED) is 0.148. The van der Waals surface area contributed by atoms with Crippen molar-refractivity contribution in [3.63, 3.8) is 0 Å². The van der Waals surface area contributed by atoms with Crippen LogP contribution < -0.4 is 0 Å². The average molecular weight is 1070 g/mol. The molecule has 11 nitrogen and oxygen atoms in total. The summed E-state index contributed by atoms with van der Waals surface area (Å²) in [5, 5.41) is 82.8. The Balaban J connectivity index is 1.27. The van der Waals surface area contributed by atoms with Gasteiger partial charge in [0, 0.05) is 32.8 Å². The van der Waals surface area contributed by atoms with Crippen molar-refractivity contribution in [3.05, 3.63) is 232 Å². The van der Waals surface area contributed by atoms with E-state index in [0.29, 0.717) is 99.5 Å². The van der Waals surface area contributed by atoms with E-state index in [-0.39, 0.29) is 61.4 Å². The Kier molecular flexibility index (Phi) is 12.4. The Bertz CT molecular complexity index is 4660. The normalized spacial score (nSPS) is 11.0. The van der Waals surface area contributed by atoms with Gasteiger partial charge in [0.25, 0.3) is 0 Å². The number of benzene rings is 9. The average Bonchev–Trinajstić information content (AvgIpc) is 2.73. The molecule has 9 aromatic carbocycles. The number of nitrogens with zero attached hydrogens (tertiary/aromatic N) is 11. The summed E-state index contributed by atoms with van der Waals surface area (Å²) < 4.78 is 55.4. The predicted molar refractivity (Wildman–Crippen MR) is 308 cm³/mol. The second kappa shape index (κ2) is 20.0. The Morgan fingerprint density at radius 1 is 0.349 bits per heavy atom. The molecule has 3 heterocycles. The fourth-order valence-corrected chi connectivity index (χ4v) is 11.2. The van der Waals surface area contributed by atoms with Crippen LogP contribution in [-0.2, 0) is 6.18 Å². The molecule has 0 aliphatic carbocycles. The first kappa shape index (κ1) is 51.2. The number of pyridine rings is 1. The molecule has 0 aliphatic heterocycles. The minimum atomic E-state index is -5.16. The molecule has 0 unspecified atom stereocenters. The van der Waals surface area contributed by atoms with Crippen LogP contribution in [0.4, 0.5) is 13.2 Å². The molecular formula is C69H32F3N11. The van der Waals surface area contributed by atoms with Gasteiger partial charge in [0.2, 0.25) is 0 Å². The Labute approximate surface area is 471 Å². The van der Waals surface area contributed by atoms with Crippen molar-refractivity contribution in [2.45, 2.75) is 13.1 Å². The second-order valence-corrected chi connectivity index (χ2v) is 19.6. The van der Waals surface area contributed by atoms with Gasteiger partial charge < -0.3 is 9.13 Å². The second-order valence-electron chi connectivity index (χ2n) is 19.6. The zero-order chi connectivity index (χ0) is 57.8. The Hall–Kier alpha value is -12.6. The van der Waals surface area contributed by atoms with Crippen molar-refractivity contribution in [1.82, 2.24) is 14.1 Å². The van der Waals surface area contributed by atoms with E-state index in [1.165, 1.54) is 45.5 Å². The zero-order valence-corrected chi connectivity index (χ0v) is 43.3. The number of rotatable bonds is 7. The predicted octanol–water partition coefficient (Wildman–Crippen LogP) is 15.9. The SMILES string of the molecule is Cc1cccc(-c2cc(-n3c4cc(-c5ccc(C#N)cc5C#N)ccc4c4ccc(-c5ccc(C#N)cc5C#N)cc43)c(C(F)(F)F)c(-n3c4cc(-c5ccc(C#N)cc5C#N)ccc4c4ccc(-c5ccc(C#N)cc5C#N)cc43)c2)n1. The third kappa shape index (κ3) is 8.62. The lowest BCUT2D eigenvalue weighted by Crippen LogP contribution is -2.16. The summed E-state index contributed by atoms with van der Waals surface area (Å²) in [7, 11) is 0. The molecule has 3 aromatic heterocycles. The highest BCUT2D eigenvalue weighted by Gasteiger charge is 2.40. The molecule has 83 heavy (non-hydrogen) atoms. The molecule has 0 saturated heterocycles. The summed E-state index contributed by atoms with van der Waals surface area (Å²) in [5.74, 6) is 0. The van der Waals surface area contributed by atoms with Crippen molar-refractivity contribution in [2.24, 2.45) is 0 Å².